The SMILES string of the molecule is CC12C[C]3C[C](C1)CC(C)(C3)C2. The predicted octanol–water partition coefficient (Wildman–Crippen LogP) is 3.53. The van der Waals surface area contributed by atoms with Crippen molar-refractivity contribution in [2.45, 2.75) is 52.4 Å². The van der Waals surface area contributed by atoms with E-state index in [0.29, 0.717) is 10.8 Å². The molecule has 4 fully saturated rings. The van der Waals surface area contributed by atoms with Crippen LogP contribution < -0.4 is 0 Å². The summed E-state index contributed by atoms with van der Waals surface area (Å²) in [4.78, 5) is 0. The molecule has 0 aliphatic heterocycles. The highest BCUT2D eigenvalue weighted by molar-refractivity contribution is 5.25. The zero-order chi connectivity index (χ0) is 8.40. The van der Waals surface area contributed by atoms with Gasteiger partial charge in [-0.05, 0) is 61.2 Å². The van der Waals surface area contributed by atoms with E-state index in [0.717, 1.165) is 0 Å². The Kier molecular flexibility index (Phi) is 1.18. The van der Waals surface area contributed by atoms with Crippen LogP contribution in [0.5, 0.6) is 0 Å². The maximum Gasteiger partial charge on any atom is -0.0224 e. The van der Waals surface area contributed by atoms with Crippen LogP contribution in [0.15, 0.2) is 0 Å². The van der Waals surface area contributed by atoms with Gasteiger partial charge in [-0.25, -0.2) is 0 Å². The predicted molar refractivity (Wildman–Crippen MR) is 50.4 cm³/mol. The Morgan fingerprint density at radius 1 is 0.833 bits per heavy atom. The Morgan fingerprint density at radius 2 is 1.25 bits per heavy atom. The first-order valence-electron chi connectivity index (χ1n) is 5.24. The van der Waals surface area contributed by atoms with E-state index in [9.17, 15) is 0 Å². The quantitative estimate of drug-likeness (QED) is 0.511. The van der Waals surface area contributed by atoms with Gasteiger partial charge in [0, 0.05) is 0 Å². The van der Waals surface area contributed by atoms with Crippen molar-refractivity contribution in [3.8, 4) is 0 Å². The Morgan fingerprint density at radius 3 is 1.58 bits per heavy atom. The van der Waals surface area contributed by atoms with Crippen molar-refractivity contribution in [2.24, 2.45) is 10.8 Å². The summed E-state index contributed by atoms with van der Waals surface area (Å²) in [5, 5.41) is 0. The molecule has 0 aromatic carbocycles. The van der Waals surface area contributed by atoms with Crippen LogP contribution in [0.2, 0.25) is 0 Å². The zero-order valence-electron chi connectivity index (χ0n) is 8.24. The second-order valence-corrected chi connectivity index (χ2v) is 6.18. The fourth-order valence-electron chi connectivity index (χ4n) is 4.55. The van der Waals surface area contributed by atoms with Gasteiger partial charge in [0.1, 0.15) is 0 Å². The van der Waals surface area contributed by atoms with Crippen molar-refractivity contribution in [3.63, 3.8) is 0 Å². The maximum atomic E-state index is 2.50. The van der Waals surface area contributed by atoms with Crippen molar-refractivity contribution in [1.29, 1.82) is 0 Å². The van der Waals surface area contributed by atoms with Gasteiger partial charge < -0.3 is 0 Å². The molecule has 0 amide bonds. The molecule has 4 rings (SSSR count). The molecule has 0 nitrogen and oxygen atoms in total. The molecule has 0 heterocycles. The normalized spacial score (nSPS) is 53.5. The number of hydrogen-bond donors (Lipinski definition) is 0. The van der Waals surface area contributed by atoms with Crippen LogP contribution in [0.25, 0.3) is 0 Å². The van der Waals surface area contributed by atoms with Crippen molar-refractivity contribution in [1.82, 2.24) is 0 Å². The lowest BCUT2D eigenvalue weighted by Gasteiger charge is -2.60. The summed E-state index contributed by atoms with van der Waals surface area (Å²) in [5.74, 6) is 3.75. The summed E-state index contributed by atoms with van der Waals surface area (Å²) < 4.78 is 0. The number of hydrogen-bond acceptors (Lipinski definition) is 0. The van der Waals surface area contributed by atoms with Crippen LogP contribution >= 0.6 is 0 Å². The summed E-state index contributed by atoms with van der Waals surface area (Å²) in [5.41, 5.74) is 1.38. The molecule has 0 N–H and O–H groups in total. The lowest BCUT2D eigenvalue weighted by molar-refractivity contribution is 0.0207. The van der Waals surface area contributed by atoms with E-state index < -0.39 is 0 Å². The highest BCUT2D eigenvalue weighted by Gasteiger charge is 2.53. The molecule has 0 aromatic rings. The van der Waals surface area contributed by atoms with Crippen LogP contribution in [0, 0.1) is 22.7 Å². The molecule has 4 saturated carbocycles. The fraction of sp³-hybridized carbons (Fsp3) is 0.833. The van der Waals surface area contributed by atoms with Crippen LogP contribution in [-0.4, -0.2) is 0 Å². The molecule has 12 heavy (non-hydrogen) atoms. The molecule has 0 atom stereocenters. The van der Waals surface area contributed by atoms with Gasteiger partial charge in [0.2, 0.25) is 0 Å². The largest absolute Gasteiger partial charge is 0.0596 e. The van der Waals surface area contributed by atoms with Gasteiger partial charge in [0.25, 0.3) is 0 Å². The lowest BCUT2D eigenvalue weighted by Crippen LogP contribution is -2.47. The molecule has 0 spiro atoms. The summed E-state index contributed by atoms with van der Waals surface area (Å²) in [6.45, 7) is 5.01. The summed E-state index contributed by atoms with van der Waals surface area (Å²) >= 11 is 0. The van der Waals surface area contributed by atoms with E-state index in [2.05, 4.69) is 13.8 Å². The van der Waals surface area contributed by atoms with Gasteiger partial charge in [-0.3, -0.25) is 0 Å². The second kappa shape index (κ2) is 1.91. The smallest absolute Gasteiger partial charge is 0.0224 e. The van der Waals surface area contributed by atoms with E-state index in [1.807, 2.05) is 11.8 Å². The standard InChI is InChI=1S/C12H18/c1-11-4-9-3-10(5-11)7-12(2,6-9)8-11/h3-8H2,1-2H3. The van der Waals surface area contributed by atoms with Gasteiger partial charge >= 0.3 is 0 Å². The molecule has 4 aliphatic carbocycles. The summed E-state index contributed by atoms with van der Waals surface area (Å²) in [6.07, 6.45) is 8.70. The van der Waals surface area contributed by atoms with E-state index in [1.165, 1.54) is 38.5 Å². The van der Waals surface area contributed by atoms with Gasteiger partial charge in [-0.2, -0.15) is 0 Å². The topological polar surface area (TPSA) is 0 Å². The lowest BCUT2D eigenvalue weighted by atomic mass is 9.45. The minimum atomic E-state index is 0.689. The summed E-state index contributed by atoms with van der Waals surface area (Å²) in [7, 11) is 0. The molecule has 2 radical (unpaired) electrons. The first-order valence-corrected chi connectivity index (χ1v) is 5.24. The average molecular weight is 162 g/mol. The number of rotatable bonds is 0. The van der Waals surface area contributed by atoms with Crippen molar-refractivity contribution < 1.29 is 0 Å². The Bertz CT molecular complexity index is 182. The van der Waals surface area contributed by atoms with E-state index in [4.69, 9.17) is 0 Å². The third-order valence-corrected chi connectivity index (χ3v) is 4.06. The minimum Gasteiger partial charge on any atom is -0.0596 e. The molecule has 4 aliphatic rings. The van der Waals surface area contributed by atoms with Crippen molar-refractivity contribution in [2.75, 3.05) is 0 Å². The molecule has 0 heteroatoms. The maximum absolute atomic E-state index is 2.50. The second-order valence-electron chi connectivity index (χ2n) is 6.18. The van der Waals surface area contributed by atoms with Crippen LogP contribution in [-0.2, 0) is 0 Å². The van der Waals surface area contributed by atoms with Gasteiger partial charge in [-0.15, -0.1) is 0 Å². The van der Waals surface area contributed by atoms with E-state index in [1.54, 1.807) is 0 Å². The van der Waals surface area contributed by atoms with Gasteiger partial charge in [-0.1, -0.05) is 13.8 Å². The Balaban J connectivity index is 1.98. The molecule has 4 bridgehead atoms. The molecule has 0 unspecified atom stereocenters. The van der Waals surface area contributed by atoms with Crippen LogP contribution in [0.1, 0.15) is 52.4 Å². The highest BCUT2D eigenvalue weighted by atomic mass is 14.6. The minimum absolute atomic E-state index is 0.689. The highest BCUT2D eigenvalue weighted by Crippen LogP contribution is 2.66. The van der Waals surface area contributed by atoms with Crippen molar-refractivity contribution >= 4 is 0 Å². The monoisotopic (exact) mass is 162 g/mol. The third kappa shape index (κ3) is 0.900. The molecule has 0 aromatic heterocycles. The fourth-order valence-corrected chi connectivity index (χ4v) is 4.55. The molecular formula is C12H18. The van der Waals surface area contributed by atoms with Crippen LogP contribution in [0.4, 0.5) is 0 Å². The van der Waals surface area contributed by atoms with Crippen LogP contribution in [0.3, 0.4) is 0 Å². The Labute approximate surface area is 75.7 Å². The third-order valence-electron chi connectivity index (χ3n) is 4.06. The van der Waals surface area contributed by atoms with E-state index >= 15 is 0 Å². The molecule has 0 saturated heterocycles. The molecule has 66 valence electrons. The van der Waals surface area contributed by atoms with Gasteiger partial charge in [0.15, 0.2) is 0 Å². The summed E-state index contributed by atoms with van der Waals surface area (Å²) in [6, 6.07) is 0. The molecular weight excluding hydrogens is 144 g/mol. The van der Waals surface area contributed by atoms with E-state index in [-0.39, 0.29) is 0 Å². The Hall–Kier alpha value is 0. The first-order chi connectivity index (χ1) is 5.57. The average Bonchev–Trinajstić information content (AvgIpc) is 1.75. The van der Waals surface area contributed by atoms with Gasteiger partial charge in [0.05, 0.1) is 0 Å². The zero-order valence-corrected chi connectivity index (χ0v) is 8.24. The van der Waals surface area contributed by atoms with Crippen molar-refractivity contribution in [3.05, 3.63) is 11.8 Å². The first kappa shape index (κ1) is 7.41.